The number of nitrogens with one attached hydrogen (secondary N) is 1. The first kappa shape index (κ1) is 20.2. The van der Waals surface area contributed by atoms with Crippen LogP contribution in [0.2, 0.25) is 0 Å². The smallest absolute Gasteiger partial charge is 0.276 e. The summed E-state index contributed by atoms with van der Waals surface area (Å²) in [4.78, 5) is 26.1. The number of aromatic nitrogens is 6. The number of pyridine rings is 1. The number of hydrogen-bond donors (Lipinski definition) is 1. The number of anilines is 1. The van der Waals surface area contributed by atoms with Crippen LogP contribution in [-0.4, -0.2) is 49.3 Å². The maximum absolute atomic E-state index is 13.2. The van der Waals surface area contributed by atoms with Gasteiger partial charge in [0.15, 0.2) is 11.5 Å². The second kappa shape index (κ2) is 8.42. The zero-order chi connectivity index (χ0) is 22.8. The molecule has 0 aliphatic carbocycles. The van der Waals surface area contributed by atoms with Crippen LogP contribution >= 0.6 is 0 Å². The lowest BCUT2D eigenvalue weighted by molar-refractivity contribution is 0.102. The number of hydrogen-bond acceptors (Lipinski definition) is 7. The Labute approximate surface area is 188 Å². The fourth-order valence-electron chi connectivity index (χ4n) is 3.54. The van der Waals surface area contributed by atoms with Crippen LogP contribution < -0.4 is 14.8 Å². The van der Waals surface area contributed by atoms with E-state index in [1.807, 2.05) is 30.3 Å². The van der Waals surface area contributed by atoms with Crippen LogP contribution in [0.1, 0.15) is 10.5 Å². The van der Waals surface area contributed by atoms with Gasteiger partial charge in [-0.05, 0) is 30.3 Å². The van der Waals surface area contributed by atoms with Crippen molar-refractivity contribution in [3.63, 3.8) is 0 Å². The van der Waals surface area contributed by atoms with Crippen LogP contribution in [-0.2, 0) is 0 Å². The number of amides is 1. The number of benzene rings is 1. The molecule has 0 atom stereocenters. The summed E-state index contributed by atoms with van der Waals surface area (Å²) in [5, 5.41) is 7.28. The molecular formula is C23H19N7O3. The zero-order valence-electron chi connectivity index (χ0n) is 17.8. The number of methoxy groups -OCH3 is 2. The maximum Gasteiger partial charge on any atom is 0.276 e. The summed E-state index contributed by atoms with van der Waals surface area (Å²) in [5.41, 5.74) is 2.69. The number of imidazole rings is 1. The van der Waals surface area contributed by atoms with Gasteiger partial charge in [-0.1, -0.05) is 6.07 Å². The van der Waals surface area contributed by atoms with Crippen LogP contribution in [0, 0.1) is 0 Å². The van der Waals surface area contributed by atoms with Crippen molar-refractivity contribution in [2.75, 3.05) is 19.5 Å². The average molecular weight is 441 g/mol. The molecule has 0 fully saturated rings. The van der Waals surface area contributed by atoms with Crippen molar-refractivity contribution >= 4 is 17.1 Å². The molecule has 10 heteroatoms. The van der Waals surface area contributed by atoms with Crippen molar-refractivity contribution in [1.29, 1.82) is 0 Å². The molecule has 10 nitrogen and oxygen atoms in total. The molecule has 164 valence electrons. The molecule has 5 rings (SSSR count). The van der Waals surface area contributed by atoms with E-state index in [0.717, 1.165) is 5.69 Å². The largest absolute Gasteiger partial charge is 0.497 e. The molecular weight excluding hydrogens is 422 g/mol. The van der Waals surface area contributed by atoms with E-state index in [1.54, 1.807) is 59.3 Å². The third kappa shape index (κ3) is 3.63. The molecule has 0 spiro atoms. The third-order valence-corrected chi connectivity index (χ3v) is 5.04. The van der Waals surface area contributed by atoms with E-state index < -0.39 is 5.91 Å². The molecule has 0 aliphatic rings. The molecule has 0 radical (unpaired) electrons. The average Bonchev–Trinajstić information content (AvgIpc) is 3.49. The molecule has 33 heavy (non-hydrogen) atoms. The van der Waals surface area contributed by atoms with Gasteiger partial charge in [-0.2, -0.15) is 5.10 Å². The molecule has 0 saturated heterocycles. The Kier molecular flexibility index (Phi) is 5.15. The van der Waals surface area contributed by atoms with Crippen molar-refractivity contribution in [3.8, 4) is 28.8 Å². The van der Waals surface area contributed by atoms with Gasteiger partial charge < -0.3 is 14.8 Å². The van der Waals surface area contributed by atoms with Crippen LogP contribution in [0.3, 0.4) is 0 Å². The van der Waals surface area contributed by atoms with Crippen molar-refractivity contribution in [1.82, 2.24) is 29.1 Å². The van der Waals surface area contributed by atoms with E-state index in [1.165, 1.54) is 7.11 Å². The lowest BCUT2D eigenvalue weighted by Crippen LogP contribution is -2.14. The Hall–Kier alpha value is -4.73. The minimum absolute atomic E-state index is 0.211. The first-order valence-corrected chi connectivity index (χ1v) is 10.0. The van der Waals surface area contributed by atoms with Gasteiger partial charge in [-0.15, -0.1) is 0 Å². The Morgan fingerprint density at radius 2 is 1.94 bits per heavy atom. The highest BCUT2D eigenvalue weighted by Crippen LogP contribution is 2.27. The van der Waals surface area contributed by atoms with Crippen LogP contribution in [0.25, 0.3) is 22.7 Å². The zero-order valence-corrected chi connectivity index (χ0v) is 17.8. The first-order valence-electron chi connectivity index (χ1n) is 10.0. The Bertz CT molecular complexity index is 1460. The van der Waals surface area contributed by atoms with Crippen molar-refractivity contribution in [2.45, 2.75) is 0 Å². The SMILES string of the molecule is COc1cccc(-n2nccc2-c2nc(C(=O)Nc3cccnc3OC)c3cnccn23)c1. The van der Waals surface area contributed by atoms with Gasteiger partial charge in [-0.25, -0.2) is 14.6 Å². The Balaban J connectivity index is 1.60. The number of fused-ring (bicyclic) bond motifs is 1. The molecule has 1 aromatic carbocycles. The number of rotatable bonds is 6. The number of carbonyl (C=O) groups excluding carboxylic acids is 1. The first-order chi connectivity index (χ1) is 16.2. The van der Waals surface area contributed by atoms with Crippen molar-refractivity contribution in [3.05, 3.63) is 79.1 Å². The normalized spacial score (nSPS) is 10.8. The summed E-state index contributed by atoms with van der Waals surface area (Å²) < 4.78 is 14.1. The van der Waals surface area contributed by atoms with Crippen molar-refractivity contribution in [2.24, 2.45) is 0 Å². The molecule has 0 aliphatic heterocycles. The standard InChI is InChI=1S/C23H19N7O3/c1-32-16-6-3-5-15(13-16)30-18(8-10-26-30)21-28-20(19-14-24-11-12-29(19)21)22(31)27-17-7-4-9-25-23(17)33-2/h3-14H,1-2H3,(H,27,31). The summed E-state index contributed by atoms with van der Waals surface area (Å²) in [6.07, 6.45) is 8.25. The summed E-state index contributed by atoms with van der Waals surface area (Å²) in [6, 6.07) is 12.8. The molecule has 0 unspecified atom stereocenters. The fourth-order valence-corrected chi connectivity index (χ4v) is 3.54. The maximum atomic E-state index is 13.2. The van der Waals surface area contributed by atoms with Crippen LogP contribution in [0.5, 0.6) is 11.6 Å². The Morgan fingerprint density at radius 3 is 2.79 bits per heavy atom. The predicted molar refractivity (Wildman–Crippen MR) is 121 cm³/mol. The van der Waals surface area contributed by atoms with E-state index in [2.05, 4.69) is 25.4 Å². The van der Waals surface area contributed by atoms with E-state index >= 15 is 0 Å². The quantitative estimate of drug-likeness (QED) is 0.431. The van der Waals surface area contributed by atoms with Crippen LogP contribution in [0.4, 0.5) is 5.69 Å². The van der Waals surface area contributed by atoms with Gasteiger partial charge in [0.1, 0.15) is 17.1 Å². The monoisotopic (exact) mass is 441 g/mol. The van der Waals surface area contributed by atoms with Gasteiger partial charge in [0, 0.05) is 24.7 Å². The number of carbonyl (C=O) groups is 1. The summed E-state index contributed by atoms with van der Waals surface area (Å²) in [7, 11) is 3.10. The van der Waals surface area contributed by atoms with E-state index in [-0.39, 0.29) is 5.69 Å². The van der Waals surface area contributed by atoms with E-state index in [0.29, 0.717) is 34.4 Å². The number of nitrogens with zero attached hydrogens (tertiary/aromatic N) is 6. The van der Waals surface area contributed by atoms with Gasteiger partial charge in [0.05, 0.1) is 37.8 Å². The highest BCUT2D eigenvalue weighted by Gasteiger charge is 2.22. The molecule has 0 saturated carbocycles. The predicted octanol–water partition coefficient (Wildman–Crippen LogP) is 3.25. The summed E-state index contributed by atoms with van der Waals surface area (Å²) >= 11 is 0. The van der Waals surface area contributed by atoms with Gasteiger partial charge in [-0.3, -0.25) is 14.2 Å². The molecule has 4 heterocycles. The topological polar surface area (TPSA) is 108 Å². The van der Waals surface area contributed by atoms with Gasteiger partial charge in [0.25, 0.3) is 5.91 Å². The molecule has 5 aromatic rings. The lowest BCUT2D eigenvalue weighted by atomic mass is 10.3. The minimum Gasteiger partial charge on any atom is -0.497 e. The van der Waals surface area contributed by atoms with Gasteiger partial charge >= 0.3 is 0 Å². The molecule has 0 bridgehead atoms. The fraction of sp³-hybridized carbons (Fsp3) is 0.0870. The summed E-state index contributed by atoms with van der Waals surface area (Å²) in [6.45, 7) is 0. The second-order valence-corrected chi connectivity index (χ2v) is 6.96. The summed E-state index contributed by atoms with van der Waals surface area (Å²) in [5.74, 6) is 1.14. The lowest BCUT2D eigenvalue weighted by Gasteiger charge is -2.08. The highest BCUT2D eigenvalue weighted by atomic mass is 16.5. The van der Waals surface area contributed by atoms with Gasteiger partial charge in [0.2, 0.25) is 5.88 Å². The third-order valence-electron chi connectivity index (χ3n) is 5.04. The van der Waals surface area contributed by atoms with E-state index in [4.69, 9.17) is 9.47 Å². The second-order valence-electron chi connectivity index (χ2n) is 6.96. The van der Waals surface area contributed by atoms with E-state index in [9.17, 15) is 4.79 Å². The van der Waals surface area contributed by atoms with Crippen LogP contribution in [0.15, 0.2) is 73.4 Å². The highest BCUT2D eigenvalue weighted by molar-refractivity contribution is 6.08. The molecule has 4 aromatic heterocycles. The number of ether oxygens (including phenoxy) is 2. The Morgan fingerprint density at radius 1 is 1.03 bits per heavy atom. The molecule has 1 N–H and O–H groups in total. The minimum atomic E-state index is -0.412. The van der Waals surface area contributed by atoms with Crippen molar-refractivity contribution < 1.29 is 14.3 Å². The molecule has 1 amide bonds.